The Bertz CT molecular complexity index is 887. The summed E-state index contributed by atoms with van der Waals surface area (Å²) in [5, 5.41) is 16.7. The third-order valence-corrected chi connectivity index (χ3v) is 3.36. The zero-order valence-electron chi connectivity index (χ0n) is 12.3. The number of nitrogens with zero attached hydrogens (tertiary/aromatic N) is 3. The highest BCUT2D eigenvalue weighted by Crippen LogP contribution is 2.26. The number of fused-ring (bicyclic) bond motifs is 1. The maximum atomic E-state index is 12.2. The van der Waals surface area contributed by atoms with Gasteiger partial charge in [0.05, 0.1) is 21.7 Å². The summed E-state index contributed by atoms with van der Waals surface area (Å²) in [6.07, 6.45) is 0. The van der Waals surface area contributed by atoms with Gasteiger partial charge in [0.1, 0.15) is 6.54 Å². The van der Waals surface area contributed by atoms with Gasteiger partial charge in [-0.25, -0.2) is 0 Å². The van der Waals surface area contributed by atoms with E-state index in [1.165, 1.54) is 12.1 Å². The van der Waals surface area contributed by atoms with Crippen molar-refractivity contribution in [3.8, 4) is 0 Å². The summed E-state index contributed by atoms with van der Waals surface area (Å²) in [7, 11) is 0. The molecule has 1 aromatic heterocycles. The van der Waals surface area contributed by atoms with Crippen molar-refractivity contribution in [2.45, 2.75) is 6.92 Å². The molecule has 10 heteroatoms. The lowest BCUT2D eigenvalue weighted by Gasteiger charge is -2.12. The molecule has 1 aliphatic rings. The highest BCUT2D eigenvalue weighted by atomic mass is 16.6. The molecule has 0 atom stereocenters. The minimum absolute atomic E-state index is 0.0221. The number of hydrogen-bond donors (Lipinski definition) is 1. The first-order chi connectivity index (χ1) is 11.4. The van der Waals surface area contributed by atoms with Crippen LogP contribution in [0.15, 0.2) is 28.8 Å². The first kappa shape index (κ1) is 15.3. The van der Waals surface area contributed by atoms with E-state index in [9.17, 15) is 24.5 Å². The van der Waals surface area contributed by atoms with Crippen molar-refractivity contribution in [1.82, 2.24) is 10.1 Å². The highest BCUT2D eigenvalue weighted by Gasteiger charge is 2.37. The van der Waals surface area contributed by atoms with Gasteiger partial charge in [-0.05, 0) is 13.0 Å². The Morgan fingerprint density at radius 3 is 2.62 bits per heavy atom. The third kappa shape index (κ3) is 2.60. The minimum atomic E-state index is -0.761. The van der Waals surface area contributed by atoms with E-state index in [2.05, 4.69) is 10.5 Å². The molecule has 1 aromatic carbocycles. The smallest absolute Gasteiger partial charge is 0.270 e. The number of nitro groups is 1. The van der Waals surface area contributed by atoms with Crippen LogP contribution in [0.1, 0.15) is 26.4 Å². The largest absolute Gasteiger partial charge is 0.338 e. The van der Waals surface area contributed by atoms with Gasteiger partial charge in [-0.3, -0.25) is 34.7 Å². The SMILES string of the molecule is Cc1cc(NC(=O)CN2C(=O)c3ccc([N+](=O)[O-])cc3C2=O)on1. The number of rotatable bonds is 4. The number of aromatic nitrogens is 1. The van der Waals surface area contributed by atoms with Gasteiger partial charge in [-0.2, -0.15) is 0 Å². The Morgan fingerprint density at radius 1 is 1.29 bits per heavy atom. The van der Waals surface area contributed by atoms with Crippen LogP contribution >= 0.6 is 0 Å². The highest BCUT2D eigenvalue weighted by molar-refractivity contribution is 6.23. The molecule has 0 saturated heterocycles. The van der Waals surface area contributed by atoms with Crippen LogP contribution in [0.2, 0.25) is 0 Å². The number of non-ortho nitro benzene ring substituents is 1. The first-order valence-electron chi connectivity index (χ1n) is 6.74. The molecule has 1 N–H and O–H groups in total. The van der Waals surface area contributed by atoms with Crippen molar-refractivity contribution in [1.29, 1.82) is 0 Å². The van der Waals surface area contributed by atoms with Gasteiger partial charge in [-0.1, -0.05) is 5.16 Å². The number of amides is 3. The van der Waals surface area contributed by atoms with Crippen molar-refractivity contribution in [2.24, 2.45) is 0 Å². The fraction of sp³-hybridized carbons (Fsp3) is 0.143. The summed E-state index contributed by atoms with van der Waals surface area (Å²) in [6, 6.07) is 4.83. The van der Waals surface area contributed by atoms with E-state index in [4.69, 9.17) is 4.52 Å². The maximum Gasteiger partial charge on any atom is 0.270 e. The van der Waals surface area contributed by atoms with E-state index in [1.54, 1.807) is 6.92 Å². The Balaban J connectivity index is 1.78. The maximum absolute atomic E-state index is 12.2. The van der Waals surface area contributed by atoms with Crippen molar-refractivity contribution in [2.75, 3.05) is 11.9 Å². The van der Waals surface area contributed by atoms with Crippen LogP contribution in [0.5, 0.6) is 0 Å². The molecule has 10 nitrogen and oxygen atoms in total. The van der Waals surface area contributed by atoms with Crippen LogP contribution in [-0.2, 0) is 4.79 Å². The molecular formula is C14H10N4O6. The van der Waals surface area contributed by atoms with E-state index in [1.807, 2.05) is 0 Å². The van der Waals surface area contributed by atoms with Gasteiger partial charge < -0.3 is 4.52 Å². The molecule has 1 aliphatic heterocycles. The van der Waals surface area contributed by atoms with Crippen LogP contribution < -0.4 is 5.32 Å². The molecule has 2 heterocycles. The predicted octanol–water partition coefficient (Wildman–Crippen LogP) is 1.13. The van der Waals surface area contributed by atoms with Gasteiger partial charge in [0.25, 0.3) is 17.5 Å². The fourth-order valence-electron chi connectivity index (χ4n) is 2.28. The van der Waals surface area contributed by atoms with Crippen LogP contribution in [-0.4, -0.2) is 39.2 Å². The molecular weight excluding hydrogens is 320 g/mol. The lowest BCUT2D eigenvalue weighted by Crippen LogP contribution is -2.37. The normalized spacial score (nSPS) is 13.1. The summed E-state index contributed by atoms with van der Waals surface area (Å²) >= 11 is 0. The Hall–Kier alpha value is -3.56. The quantitative estimate of drug-likeness (QED) is 0.504. The molecule has 0 bridgehead atoms. The number of nitro benzene ring substituents is 1. The molecule has 2 aromatic rings. The summed E-state index contributed by atoms with van der Waals surface area (Å²) in [4.78, 5) is 47.2. The van der Waals surface area contributed by atoms with Crippen molar-refractivity contribution < 1.29 is 23.8 Å². The topological polar surface area (TPSA) is 136 Å². The number of carbonyl (C=O) groups is 3. The molecule has 0 saturated carbocycles. The second-order valence-electron chi connectivity index (χ2n) is 5.06. The second-order valence-corrected chi connectivity index (χ2v) is 5.06. The van der Waals surface area contributed by atoms with E-state index < -0.39 is 29.2 Å². The van der Waals surface area contributed by atoms with Gasteiger partial charge in [0.2, 0.25) is 11.8 Å². The molecule has 0 aliphatic carbocycles. The lowest BCUT2D eigenvalue weighted by atomic mass is 10.1. The number of anilines is 1. The standard InChI is InChI=1S/C14H10N4O6/c1-7-4-12(24-16-7)15-11(19)6-17-13(20)9-3-2-8(18(22)23)5-10(9)14(17)21/h2-5H,6H2,1H3,(H,15,19). The first-order valence-corrected chi connectivity index (χ1v) is 6.74. The molecule has 0 unspecified atom stereocenters. The van der Waals surface area contributed by atoms with Gasteiger partial charge >= 0.3 is 0 Å². The average molecular weight is 330 g/mol. The number of imide groups is 1. The Morgan fingerprint density at radius 2 is 2.00 bits per heavy atom. The number of carbonyl (C=O) groups excluding carboxylic acids is 3. The lowest BCUT2D eigenvalue weighted by molar-refractivity contribution is -0.384. The van der Waals surface area contributed by atoms with Gasteiger partial charge in [0, 0.05) is 18.2 Å². The summed E-state index contributed by atoms with van der Waals surface area (Å²) < 4.78 is 4.81. The van der Waals surface area contributed by atoms with Crippen LogP contribution in [0.3, 0.4) is 0 Å². The van der Waals surface area contributed by atoms with E-state index in [0.29, 0.717) is 10.6 Å². The zero-order valence-corrected chi connectivity index (χ0v) is 12.3. The number of aryl methyl sites for hydroxylation is 1. The Kier molecular flexibility index (Phi) is 3.56. The fourth-order valence-corrected chi connectivity index (χ4v) is 2.28. The zero-order chi connectivity index (χ0) is 17.4. The molecule has 0 radical (unpaired) electrons. The third-order valence-electron chi connectivity index (χ3n) is 3.36. The van der Waals surface area contributed by atoms with Crippen LogP contribution in [0, 0.1) is 17.0 Å². The van der Waals surface area contributed by atoms with Crippen molar-refractivity contribution in [3.05, 3.63) is 51.2 Å². The molecule has 24 heavy (non-hydrogen) atoms. The van der Waals surface area contributed by atoms with Gasteiger partial charge in [0.15, 0.2) is 0 Å². The Labute approximate surface area is 134 Å². The number of nitrogens with one attached hydrogen (secondary N) is 1. The molecule has 3 rings (SSSR count). The van der Waals surface area contributed by atoms with E-state index in [0.717, 1.165) is 12.1 Å². The number of hydrogen-bond acceptors (Lipinski definition) is 7. The monoisotopic (exact) mass is 330 g/mol. The predicted molar refractivity (Wildman–Crippen MR) is 78.3 cm³/mol. The minimum Gasteiger partial charge on any atom is -0.338 e. The number of benzene rings is 1. The molecule has 122 valence electrons. The van der Waals surface area contributed by atoms with E-state index in [-0.39, 0.29) is 22.7 Å². The molecule has 3 amide bonds. The molecule has 0 fully saturated rings. The summed E-state index contributed by atoms with van der Waals surface area (Å²) in [6.45, 7) is 1.12. The van der Waals surface area contributed by atoms with Crippen LogP contribution in [0.25, 0.3) is 0 Å². The summed E-state index contributed by atoms with van der Waals surface area (Å²) in [5.41, 5.74) is 0.170. The van der Waals surface area contributed by atoms with Gasteiger partial charge in [-0.15, -0.1) is 0 Å². The summed E-state index contributed by atoms with van der Waals surface area (Å²) in [5.74, 6) is -2.02. The average Bonchev–Trinajstić information content (AvgIpc) is 3.04. The van der Waals surface area contributed by atoms with Crippen LogP contribution in [0.4, 0.5) is 11.6 Å². The van der Waals surface area contributed by atoms with Crippen molar-refractivity contribution in [3.63, 3.8) is 0 Å². The van der Waals surface area contributed by atoms with Crippen molar-refractivity contribution >= 4 is 29.3 Å². The second kappa shape index (κ2) is 5.57. The molecule has 0 spiro atoms. The van der Waals surface area contributed by atoms with E-state index >= 15 is 0 Å².